The van der Waals surface area contributed by atoms with Gasteiger partial charge in [-0.25, -0.2) is 23.1 Å². The third kappa shape index (κ3) is 5.93. The summed E-state index contributed by atoms with van der Waals surface area (Å²) in [6.45, 7) is 2.03. The SMILES string of the molecule is COc1ccc(-c2nc3c(C(=O)N4CCN([C@@H](CO)c5cccc(S(N)(=O)=O)c5)CC4)cnn3c(C(F)(F)F)c2C)cc1. The molecule has 228 valence electrons. The summed E-state index contributed by atoms with van der Waals surface area (Å²) in [5.74, 6) is -0.00461. The molecule has 43 heavy (non-hydrogen) atoms. The van der Waals surface area contributed by atoms with Gasteiger partial charge in [0.1, 0.15) is 11.3 Å². The van der Waals surface area contributed by atoms with Crippen molar-refractivity contribution in [2.45, 2.75) is 24.0 Å². The van der Waals surface area contributed by atoms with Gasteiger partial charge < -0.3 is 14.7 Å². The van der Waals surface area contributed by atoms with Gasteiger partial charge in [0.15, 0.2) is 11.3 Å². The largest absolute Gasteiger partial charge is 0.497 e. The Bertz CT molecular complexity index is 1770. The smallest absolute Gasteiger partial charge is 0.433 e. The minimum absolute atomic E-state index is 0.0642. The molecule has 15 heteroatoms. The maximum Gasteiger partial charge on any atom is 0.433 e. The normalized spacial score (nSPS) is 15.6. The van der Waals surface area contributed by atoms with Crippen LogP contribution in [0.5, 0.6) is 5.75 Å². The molecule has 1 fully saturated rings. The fourth-order valence-corrected chi connectivity index (χ4v) is 5.89. The van der Waals surface area contributed by atoms with E-state index in [4.69, 9.17) is 9.88 Å². The molecule has 1 amide bonds. The molecule has 2 aromatic heterocycles. The molecule has 1 atom stereocenters. The van der Waals surface area contributed by atoms with E-state index in [2.05, 4.69) is 10.1 Å². The number of aliphatic hydroxyl groups excluding tert-OH is 1. The number of ether oxygens (including phenoxy) is 1. The highest BCUT2D eigenvalue weighted by molar-refractivity contribution is 7.89. The number of benzene rings is 2. The van der Waals surface area contributed by atoms with Gasteiger partial charge in [-0.15, -0.1) is 0 Å². The first-order valence-electron chi connectivity index (χ1n) is 13.2. The number of piperazine rings is 1. The van der Waals surface area contributed by atoms with E-state index in [1.807, 2.05) is 4.90 Å². The number of halogens is 3. The number of amides is 1. The van der Waals surface area contributed by atoms with Gasteiger partial charge in [0.05, 0.1) is 36.5 Å². The van der Waals surface area contributed by atoms with Gasteiger partial charge in [0.2, 0.25) is 10.0 Å². The van der Waals surface area contributed by atoms with E-state index in [1.54, 1.807) is 30.3 Å². The van der Waals surface area contributed by atoms with Crippen LogP contribution in [-0.4, -0.2) is 83.7 Å². The number of nitrogens with two attached hydrogens (primary N) is 1. The fraction of sp³-hybridized carbons (Fsp3) is 0.321. The number of hydrogen-bond donors (Lipinski definition) is 2. The third-order valence-corrected chi connectivity index (χ3v) is 8.44. The maximum atomic E-state index is 14.3. The number of primary sulfonamides is 1. The molecule has 0 bridgehead atoms. The lowest BCUT2D eigenvalue weighted by atomic mass is 10.0. The average molecular weight is 619 g/mol. The number of methoxy groups -OCH3 is 1. The van der Waals surface area contributed by atoms with E-state index in [-0.39, 0.29) is 47.1 Å². The molecule has 0 unspecified atom stereocenters. The van der Waals surface area contributed by atoms with Crippen LogP contribution in [0.2, 0.25) is 0 Å². The van der Waals surface area contributed by atoms with Crippen LogP contribution in [0.1, 0.15) is 33.2 Å². The van der Waals surface area contributed by atoms with Crippen LogP contribution in [0, 0.1) is 6.92 Å². The lowest BCUT2D eigenvalue weighted by Crippen LogP contribution is -2.50. The molecule has 3 N–H and O–H groups in total. The molecule has 0 saturated carbocycles. The summed E-state index contributed by atoms with van der Waals surface area (Å²) in [7, 11) is -2.46. The summed E-state index contributed by atoms with van der Waals surface area (Å²) in [5.41, 5.74) is -0.434. The number of aliphatic hydroxyl groups is 1. The average Bonchev–Trinajstić information content (AvgIpc) is 3.39. The number of alkyl halides is 3. The summed E-state index contributed by atoms with van der Waals surface area (Å²) >= 11 is 0. The second-order valence-corrected chi connectivity index (χ2v) is 11.7. The predicted octanol–water partition coefficient (Wildman–Crippen LogP) is 2.87. The molecule has 0 spiro atoms. The molecule has 2 aromatic carbocycles. The number of carbonyl (C=O) groups is 1. The topological polar surface area (TPSA) is 143 Å². The molecule has 1 aliphatic heterocycles. The number of nitrogens with zero attached hydrogens (tertiary/aromatic N) is 5. The minimum atomic E-state index is -4.77. The molecule has 1 aliphatic rings. The van der Waals surface area contributed by atoms with Crippen LogP contribution in [-0.2, 0) is 16.2 Å². The molecule has 1 saturated heterocycles. The van der Waals surface area contributed by atoms with Crippen molar-refractivity contribution in [1.82, 2.24) is 24.4 Å². The van der Waals surface area contributed by atoms with Crippen LogP contribution in [0.4, 0.5) is 13.2 Å². The number of hydrogen-bond acceptors (Lipinski definition) is 8. The van der Waals surface area contributed by atoms with E-state index in [9.17, 15) is 31.5 Å². The number of sulfonamides is 1. The Morgan fingerprint density at radius 3 is 2.37 bits per heavy atom. The lowest BCUT2D eigenvalue weighted by molar-refractivity contribution is -0.143. The highest BCUT2D eigenvalue weighted by Crippen LogP contribution is 2.37. The number of rotatable bonds is 7. The van der Waals surface area contributed by atoms with Gasteiger partial charge in [0.25, 0.3) is 5.91 Å². The first-order valence-corrected chi connectivity index (χ1v) is 14.7. The Morgan fingerprint density at radius 2 is 1.79 bits per heavy atom. The minimum Gasteiger partial charge on any atom is -0.497 e. The van der Waals surface area contributed by atoms with Gasteiger partial charge in [-0.2, -0.15) is 18.3 Å². The lowest BCUT2D eigenvalue weighted by Gasteiger charge is -2.38. The van der Waals surface area contributed by atoms with Gasteiger partial charge in [-0.3, -0.25) is 9.69 Å². The van der Waals surface area contributed by atoms with Gasteiger partial charge in [0, 0.05) is 37.3 Å². The molecule has 4 aromatic rings. The highest BCUT2D eigenvalue weighted by Gasteiger charge is 2.39. The summed E-state index contributed by atoms with van der Waals surface area (Å²) in [5, 5.41) is 19.3. The number of carbonyl (C=O) groups excluding carboxylic acids is 1. The van der Waals surface area contributed by atoms with Crippen molar-refractivity contribution in [2.24, 2.45) is 5.14 Å². The molecule has 3 heterocycles. The summed E-state index contributed by atoms with van der Waals surface area (Å²) in [6.07, 6.45) is -3.68. The predicted molar refractivity (Wildman–Crippen MR) is 150 cm³/mol. The quantitative estimate of drug-likeness (QED) is 0.322. The summed E-state index contributed by atoms with van der Waals surface area (Å²) < 4.78 is 72.2. The van der Waals surface area contributed by atoms with Crippen LogP contribution < -0.4 is 9.88 Å². The fourth-order valence-electron chi connectivity index (χ4n) is 5.32. The van der Waals surface area contributed by atoms with E-state index >= 15 is 0 Å². The Balaban J connectivity index is 1.43. The highest BCUT2D eigenvalue weighted by atomic mass is 32.2. The molecular formula is C28H29F3N6O5S. The number of aromatic nitrogens is 3. The van der Waals surface area contributed by atoms with Gasteiger partial charge in [-0.1, -0.05) is 12.1 Å². The Morgan fingerprint density at radius 1 is 1.12 bits per heavy atom. The van der Waals surface area contributed by atoms with Gasteiger partial charge >= 0.3 is 6.18 Å². The van der Waals surface area contributed by atoms with Crippen molar-refractivity contribution in [3.63, 3.8) is 0 Å². The first kappa shape index (κ1) is 30.4. The second-order valence-electron chi connectivity index (χ2n) is 10.1. The van der Waals surface area contributed by atoms with Crippen molar-refractivity contribution < 1.29 is 36.2 Å². The molecular weight excluding hydrogens is 589 g/mol. The van der Waals surface area contributed by atoms with Crippen molar-refractivity contribution >= 4 is 21.6 Å². The van der Waals surface area contributed by atoms with Crippen LogP contribution in [0.15, 0.2) is 59.6 Å². The monoisotopic (exact) mass is 618 g/mol. The van der Waals surface area contributed by atoms with Crippen molar-refractivity contribution in [1.29, 1.82) is 0 Å². The van der Waals surface area contributed by atoms with Gasteiger partial charge in [-0.05, 0) is 48.9 Å². The van der Waals surface area contributed by atoms with E-state index in [0.29, 0.717) is 34.5 Å². The zero-order valence-electron chi connectivity index (χ0n) is 23.2. The van der Waals surface area contributed by atoms with Crippen LogP contribution in [0.25, 0.3) is 16.9 Å². The van der Waals surface area contributed by atoms with Crippen molar-refractivity contribution in [3.05, 3.63) is 77.1 Å². The standard InChI is InChI=1S/C28H29F3N6O5S/c1-17-24(18-6-8-20(42-2)9-7-18)34-26-22(15-33-37(26)25(17)28(29,30)31)27(39)36-12-10-35(11-13-36)23(16-38)19-4-3-5-21(14-19)43(32,40)41/h3-9,14-15,23,38H,10-13,16H2,1-2H3,(H2,32,40,41)/t23-/m0/s1. The Hall–Kier alpha value is -4.05. The van der Waals surface area contributed by atoms with E-state index < -0.39 is 33.8 Å². The summed E-state index contributed by atoms with van der Waals surface area (Å²) in [4.78, 5) is 21.4. The molecule has 0 aliphatic carbocycles. The summed E-state index contributed by atoms with van der Waals surface area (Å²) in [6, 6.07) is 11.8. The molecule has 0 radical (unpaired) electrons. The van der Waals surface area contributed by atoms with E-state index in [0.717, 1.165) is 6.20 Å². The Labute approximate surface area is 245 Å². The zero-order chi connectivity index (χ0) is 31.1. The maximum absolute atomic E-state index is 14.3. The molecule has 11 nitrogen and oxygen atoms in total. The first-order chi connectivity index (χ1) is 20.3. The third-order valence-electron chi connectivity index (χ3n) is 7.53. The molecule has 5 rings (SSSR count). The van der Waals surface area contributed by atoms with Crippen molar-refractivity contribution in [2.75, 3.05) is 39.9 Å². The second kappa shape index (κ2) is 11.6. The van der Waals surface area contributed by atoms with E-state index in [1.165, 1.54) is 37.1 Å². The van der Waals surface area contributed by atoms with Crippen LogP contribution >= 0.6 is 0 Å². The Kier molecular flexibility index (Phi) is 8.17. The van der Waals surface area contributed by atoms with Crippen LogP contribution in [0.3, 0.4) is 0 Å². The van der Waals surface area contributed by atoms with Crippen molar-refractivity contribution in [3.8, 4) is 17.0 Å². The number of fused-ring (bicyclic) bond motifs is 1. The zero-order valence-corrected chi connectivity index (χ0v) is 24.1.